The number of aromatic nitrogens is 1. The van der Waals surface area contributed by atoms with Crippen molar-refractivity contribution in [3.8, 4) is 5.88 Å². The minimum atomic E-state index is 0.503. The van der Waals surface area contributed by atoms with Crippen LogP contribution in [0, 0.1) is 12.3 Å². The molecule has 0 saturated carbocycles. The highest BCUT2D eigenvalue weighted by Crippen LogP contribution is 2.38. The first-order chi connectivity index (χ1) is 9.21. The van der Waals surface area contributed by atoms with Gasteiger partial charge in [-0.25, -0.2) is 4.98 Å². The van der Waals surface area contributed by atoms with E-state index in [2.05, 4.69) is 27.3 Å². The van der Waals surface area contributed by atoms with Crippen LogP contribution in [0.25, 0.3) is 0 Å². The van der Waals surface area contributed by atoms with E-state index < -0.39 is 0 Å². The summed E-state index contributed by atoms with van der Waals surface area (Å²) >= 11 is 0. The maximum atomic E-state index is 5.55. The number of hydrogen-bond donors (Lipinski definition) is 1. The lowest BCUT2D eigenvalue weighted by atomic mass is 9.86. The van der Waals surface area contributed by atoms with Crippen molar-refractivity contribution in [1.29, 1.82) is 0 Å². The zero-order chi connectivity index (χ0) is 13.3. The van der Waals surface area contributed by atoms with Gasteiger partial charge in [0, 0.05) is 42.5 Å². The zero-order valence-electron chi connectivity index (χ0n) is 11.9. The van der Waals surface area contributed by atoms with Crippen molar-refractivity contribution < 1.29 is 4.74 Å². The molecule has 2 aliphatic rings. The van der Waals surface area contributed by atoms with E-state index in [1.54, 1.807) is 0 Å². The summed E-state index contributed by atoms with van der Waals surface area (Å²) in [5, 5.41) is 3.51. The Morgan fingerprint density at radius 3 is 3.05 bits per heavy atom. The van der Waals surface area contributed by atoms with Gasteiger partial charge in [0.15, 0.2) is 0 Å². The van der Waals surface area contributed by atoms with Gasteiger partial charge < -0.3 is 15.0 Å². The molecule has 3 heterocycles. The van der Waals surface area contributed by atoms with Crippen LogP contribution in [0.4, 0.5) is 5.69 Å². The van der Waals surface area contributed by atoms with Gasteiger partial charge in [-0.2, -0.15) is 0 Å². The maximum absolute atomic E-state index is 5.55. The molecule has 2 saturated heterocycles. The molecule has 0 amide bonds. The van der Waals surface area contributed by atoms with Gasteiger partial charge >= 0.3 is 0 Å². The Hall–Kier alpha value is -1.29. The van der Waals surface area contributed by atoms with Crippen LogP contribution in [-0.4, -0.2) is 37.8 Å². The molecule has 1 spiro atoms. The predicted molar refractivity (Wildman–Crippen MR) is 76.9 cm³/mol. The van der Waals surface area contributed by atoms with Crippen molar-refractivity contribution in [1.82, 2.24) is 10.3 Å². The molecule has 104 valence electrons. The monoisotopic (exact) mass is 261 g/mol. The van der Waals surface area contributed by atoms with Crippen molar-refractivity contribution in [3.05, 3.63) is 17.8 Å². The number of rotatable bonds is 3. The van der Waals surface area contributed by atoms with Gasteiger partial charge in [0.25, 0.3) is 0 Å². The van der Waals surface area contributed by atoms with Crippen molar-refractivity contribution in [2.75, 3.05) is 37.7 Å². The maximum Gasteiger partial charge on any atom is 0.215 e. The zero-order valence-corrected chi connectivity index (χ0v) is 11.9. The minimum Gasteiger partial charge on any atom is -0.478 e. The summed E-state index contributed by atoms with van der Waals surface area (Å²) < 4.78 is 5.55. The second kappa shape index (κ2) is 5.00. The average Bonchev–Trinajstić information content (AvgIpc) is 3.00. The van der Waals surface area contributed by atoms with Gasteiger partial charge in [0.2, 0.25) is 5.88 Å². The number of nitrogens with one attached hydrogen (secondary N) is 1. The summed E-state index contributed by atoms with van der Waals surface area (Å²) in [6.45, 7) is 9.36. The lowest BCUT2D eigenvalue weighted by molar-refractivity contribution is 0.326. The number of nitrogens with zero attached hydrogens (tertiary/aromatic N) is 2. The van der Waals surface area contributed by atoms with Gasteiger partial charge in [0.05, 0.1) is 6.61 Å². The summed E-state index contributed by atoms with van der Waals surface area (Å²) in [5.74, 6) is 0.753. The van der Waals surface area contributed by atoms with E-state index in [1.165, 1.54) is 31.6 Å². The van der Waals surface area contributed by atoms with Crippen LogP contribution < -0.4 is 15.0 Å². The Labute approximate surface area is 115 Å². The van der Waals surface area contributed by atoms with Gasteiger partial charge in [-0.05, 0) is 39.3 Å². The summed E-state index contributed by atoms with van der Waals surface area (Å²) in [7, 11) is 0. The molecule has 1 N–H and O–H groups in total. The molecule has 19 heavy (non-hydrogen) atoms. The van der Waals surface area contributed by atoms with Gasteiger partial charge in [-0.1, -0.05) is 0 Å². The fourth-order valence-corrected chi connectivity index (χ4v) is 3.32. The number of pyridine rings is 1. The molecule has 1 aromatic heterocycles. The minimum absolute atomic E-state index is 0.503. The van der Waals surface area contributed by atoms with Crippen LogP contribution in [0.2, 0.25) is 0 Å². The Morgan fingerprint density at radius 2 is 2.32 bits per heavy atom. The molecule has 2 fully saturated rings. The summed E-state index contributed by atoms with van der Waals surface area (Å²) in [6.07, 6.45) is 2.61. The van der Waals surface area contributed by atoms with Crippen LogP contribution >= 0.6 is 0 Å². The summed E-state index contributed by atoms with van der Waals surface area (Å²) in [6, 6.07) is 4.25. The first-order valence-corrected chi connectivity index (χ1v) is 7.28. The smallest absolute Gasteiger partial charge is 0.215 e. The first-order valence-electron chi connectivity index (χ1n) is 7.28. The third kappa shape index (κ3) is 2.54. The highest BCUT2D eigenvalue weighted by Gasteiger charge is 2.40. The lowest BCUT2D eigenvalue weighted by Crippen LogP contribution is -2.29. The van der Waals surface area contributed by atoms with Crippen LogP contribution in [-0.2, 0) is 0 Å². The Bertz CT molecular complexity index is 455. The van der Waals surface area contributed by atoms with E-state index in [9.17, 15) is 0 Å². The van der Waals surface area contributed by atoms with Gasteiger partial charge in [-0.3, -0.25) is 0 Å². The highest BCUT2D eigenvalue weighted by atomic mass is 16.5. The molecule has 4 nitrogen and oxygen atoms in total. The number of anilines is 1. The highest BCUT2D eigenvalue weighted by molar-refractivity contribution is 5.51. The molecule has 3 rings (SSSR count). The molecule has 2 aliphatic heterocycles. The first kappa shape index (κ1) is 12.7. The van der Waals surface area contributed by atoms with E-state index in [0.29, 0.717) is 12.0 Å². The largest absolute Gasteiger partial charge is 0.478 e. The molecule has 0 aromatic carbocycles. The molecular weight excluding hydrogens is 238 g/mol. The predicted octanol–water partition coefficient (Wildman–Crippen LogP) is 1.98. The summed E-state index contributed by atoms with van der Waals surface area (Å²) in [5.41, 5.74) is 2.80. The lowest BCUT2D eigenvalue weighted by Gasteiger charge is -2.24. The second-order valence-electron chi connectivity index (χ2n) is 5.84. The van der Waals surface area contributed by atoms with Gasteiger partial charge in [0.1, 0.15) is 0 Å². The molecule has 1 atom stereocenters. The van der Waals surface area contributed by atoms with E-state index in [-0.39, 0.29) is 0 Å². The Morgan fingerprint density at radius 1 is 1.42 bits per heavy atom. The Balaban J connectivity index is 1.79. The molecule has 1 aromatic rings. The normalized spacial score (nSPS) is 26.3. The van der Waals surface area contributed by atoms with E-state index in [0.717, 1.165) is 24.7 Å². The topological polar surface area (TPSA) is 37.4 Å². The van der Waals surface area contributed by atoms with Crippen LogP contribution in [0.15, 0.2) is 12.1 Å². The van der Waals surface area contributed by atoms with Gasteiger partial charge in [-0.15, -0.1) is 0 Å². The van der Waals surface area contributed by atoms with Crippen LogP contribution in [0.5, 0.6) is 5.88 Å². The molecule has 0 aliphatic carbocycles. The third-order valence-corrected chi connectivity index (χ3v) is 4.34. The molecule has 1 unspecified atom stereocenters. The molecular formula is C15H23N3O. The fourth-order valence-electron chi connectivity index (χ4n) is 3.32. The Kier molecular flexibility index (Phi) is 3.35. The summed E-state index contributed by atoms with van der Waals surface area (Å²) in [4.78, 5) is 6.91. The van der Waals surface area contributed by atoms with E-state index >= 15 is 0 Å². The van der Waals surface area contributed by atoms with Crippen LogP contribution in [0.3, 0.4) is 0 Å². The van der Waals surface area contributed by atoms with Crippen molar-refractivity contribution in [2.45, 2.75) is 26.7 Å². The van der Waals surface area contributed by atoms with E-state index in [1.807, 2.05) is 13.8 Å². The standard InChI is InChI=1S/C15H23N3O/c1-3-19-14-9-13(8-12(2)17-14)18-7-5-15(11-18)4-6-16-10-15/h8-9,16H,3-7,10-11H2,1-2H3. The van der Waals surface area contributed by atoms with Crippen molar-refractivity contribution >= 4 is 5.69 Å². The SMILES string of the molecule is CCOc1cc(N2CCC3(CCNC3)C2)cc(C)n1. The van der Waals surface area contributed by atoms with E-state index in [4.69, 9.17) is 4.74 Å². The molecule has 4 heteroatoms. The second-order valence-corrected chi connectivity index (χ2v) is 5.84. The van der Waals surface area contributed by atoms with Crippen molar-refractivity contribution in [3.63, 3.8) is 0 Å². The van der Waals surface area contributed by atoms with Crippen molar-refractivity contribution in [2.24, 2.45) is 5.41 Å². The molecule has 0 bridgehead atoms. The number of hydrogen-bond acceptors (Lipinski definition) is 4. The van der Waals surface area contributed by atoms with Crippen LogP contribution in [0.1, 0.15) is 25.5 Å². The molecule has 0 radical (unpaired) electrons. The third-order valence-electron chi connectivity index (χ3n) is 4.34. The quantitative estimate of drug-likeness (QED) is 0.903. The number of aryl methyl sites for hydroxylation is 1. The number of ether oxygens (including phenoxy) is 1. The fraction of sp³-hybridized carbons (Fsp3) is 0.667. The average molecular weight is 261 g/mol.